The average Bonchev–Trinajstić information content (AvgIpc) is 2.51. The zero-order valence-electron chi connectivity index (χ0n) is 6.83. The van der Waals surface area contributed by atoms with Crippen LogP contribution in [0.3, 0.4) is 0 Å². The molecule has 1 aliphatic heterocycles. The Bertz CT molecular complexity index is 205. The molecule has 0 radical (unpaired) electrons. The summed E-state index contributed by atoms with van der Waals surface area (Å²) < 4.78 is 0. The molecule has 0 spiro atoms. The summed E-state index contributed by atoms with van der Waals surface area (Å²) in [6.07, 6.45) is 0.384. The molecule has 1 fully saturated rings. The summed E-state index contributed by atoms with van der Waals surface area (Å²) in [7, 11) is 1.55. The van der Waals surface area contributed by atoms with Gasteiger partial charge in [0.05, 0.1) is 5.92 Å². The average molecular weight is 172 g/mol. The summed E-state index contributed by atoms with van der Waals surface area (Å²) in [5.41, 5.74) is 0. The first-order valence-corrected chi connectivity index (χ1v) is 3.83. The van der Waals surface area contributed by atoms with Crippen molar-refractivity contribution in [3.05, 3.63) is 0 Å². The lowest BCUT2D eigenvalue weighted by molar-refractivity contribution is -0.139. The van der Waals surface area contributed by atoms with Gasteiger partial charge in [-0.2, -0.15) is 0 Å². The third kappa shape index (κ3) is 1.73. The van der Waals surface area contributed by atoms with Crippen LogP contribution >= 0.6 is 0 Å². The minimum atomic E-state index is -0.888. The standard InChI is InChI=1S/C7H12N2O3/c1-8-6(10)4-2-5(7(11)12)9-3-4/h4-5,9H,2-3H2,1H3,(H,8,10)(H,11,12)/t4-,5+/m1/s1. The number of hydrogen-bond acceptors (Lipinski definition) is 3. The molecule has 3 N–H and O–H groups in total. The van der Waals surface area contributed by atoms with E-state index in [2.05, 4.69) is 10.6 Å². The van der Waals surface area contributed by atoms with Crippen molar-refractivity contribution >= 4 is 11.9 Å². The normalized spacial score (nSPS) is 28.4. The molecule has 0 saturated carbocycles. The van der Waals surface area contributed by atoms with E-state index in [0.29, 0.717) is 13.0 Å². The molecule has 5 nitrogen and oxygen atoms in total. The number of nitrogens with one attached hydrogen (secondary N) is 2. The Morgan fingerprint density at radius 3 is 2.67 bits per heavy atom. The van der Waals surface area contributed by atoms with Gasteiger partial charge < -0.3 is 15.7 Å². The Morgan fingerprint density at radius 1 is 1.58 bits per heavy atom. The van der Waals surface area contributed by atoms with Crippen LogP contribution in [0.2, 0.25) is 0 Å². The molecule has 1 saturated heterocycles. The molecule has 0 aromatic rings. The van der Waals surface area contributed by atoms with Crippen molar-refractivity contribution in [1.82, 2.24) is 10.6 Å². The lowest BCUT2D eigenvalue weighted by Crippen LogP contribution is -2.30. The first kappa shape index (κ1) is 8.99. The topological polar surface area (TPSA) is 78.4 Å². The highest BCUT2D eigenvalue weighted by molar-refractivity contribution is 5.81. The summed E-state index contributed by atoms with van der Waals surface area (Å²) in [4.78, 5) is 21.5. The zero-order chi connectivity index (χ0) is 9.14. The molecule has 1 rings (SSSR count). The number of aliphatic carboxylic acids is 1. The molecule has 0 unspecified atom stereocenters. The van der Waals surface area contributed by atoms with Crippen LogP contribution in [0.1, 0.15) is 6.42 Å². The molecule has 1 heterocycles. The van der Waals surface area contributed by atoms with Gasteiger partial charge in [-0.3, -0.25) is 9.59 Å². The van der Waals surface area contributed by atoms with Gasteiger partial charge >= 0.3 is 5.97 Å². The Morgan fingerprint density at radius 2 is 2.25 bits per heavy atom. The molecule has 2 atom stereocenters. The van der Waals surface area contributed by atoms with Gasteiger partial charge in [0.25, 0.3) is 0 Å². The van der Waals surface area contributed by atoms with Gasteiger partial charge in [-0.1, -0.05) is 0 Å². The Balaban J connectivity index is 2.45. The van der Waals surface area contributed by atoms with Crippen molar-refractivity contribution in [2.45, 2.75) is 12.5 Å². The molecule has 12 heavy (non-hydrogen) atoms. The van der Waals surface area contributed by atoms with Crippen molar-refractivity contribution in [2.24, 2.45) is 5.92 Å². The van der Waals surface area contributed by atoms with Crippen LogP contribution in [0.5, 0.6) is 0 Å². The van der Waals surface area contributed by atoms with Crippen molar-refractivity contribution in [3.63, 3.8) is 0 Å². The number of carboxylic acid groups (broad SMARTS) is 1. The lowest BCUT2D eigenvalue weighted by atomic mass is 10.1. The van der Waals surface area contributed by atoms with Crippen LogP contribution in [-0.4, -0.2) is 36.6 Å². The van der Waals surface area contributed by atoms with Gasteiger partial charge in [0.15, 0.2) is 0 Å². The van der Waals surface area contributed by atoms with Gasteiger partial charge in [0, 0.05) is 13.6 Å². The van der Waals surface area contributed by atoms with Gasteiger partial charge in [-0.25, -0.2) is 0 Å². The van der Waals surface area contributed by atoms with Crippen LogP contribution in [0, 0.1) is 5.92 Å². The van der Waals surface area contributed by atoms with Crippen LogP contribution < -0.4 is 10.6 Å². The quantitative estimate of drug-likeness (QED) is 0.488. The number of hydrogen-bond donors (Lipinski definition) is 3. The predicted octanol–water partition coefficient (Wildman–Crippen LogP) is -1.20. The summed E-state index contributed by atoms with van der Waals surface area (Å²) >= 11 is 0. The minimum absolute atomic E-state index is 0.0914. The summed E-state index contributed by atoms with van der Waals surface area (Å²) in [5.74, 6) is -1.18. The van der Waals surface area contributed by atoms with E-state index in [1.165, 1.54) is 0 Å². The maximum absolute atomic E-state index is 11.0. The monoisotopic (exact) mass is 172 g/mol. The highest BCUT2D eigenvalue weighted by atomic mass is 16.4. The molecule has 1 amide bonds. The SMILES string of the molecule is CNC(=O)[C@H]1CN[C@H](C(=O)O)C1. The van der Waals surface area contributed by atoms with Crippen LogP contribution in [0.15, 0.2) is 0 Å². The van der Waals surface area contributed by atoms with E-state index in [0.717, 1.165) is 0 Å². The predicted molar refractivity (Wildman–Crippen MR) is 41.6 cm³/mol. The number of carboxylic acids is 1. The Kier molecular flexibility index (Phi) is 2.65. The van der Waals surface area contributed by atoms with E-state index < -0.39 is 12.0 Å². The highest BCUT2D eigenvalue weighted by Gasteiger charge is 2.32. The highest BCUT2D eigenvalue weighted by Crippen LogP contribution is 2.13. The molecular formula is C7H12N2O3. The van der Waals surface area contributed by atoms with Gasteiger partial charge in [-0.05, 0) is 6.42 Å². The van der Waals surface area contributed by atoms with E-state index in [4.69, 9.17) is 5.11 Å². The summed E-state index contributed by atoms with van der Waals surface area (Å²) in [5, 5.41) is 13.8. The van der Waals surface area contributed by atoms with Crippen LogP contribution in [0.4, 0.5) is 0 Å². The van der Waals surface area contributed by atoms with E-state index in [9.17, 15) is 9.59 Å². The molecule has 0 bridgehead atoms. The molecular weight excluding hydrogens is 160 g/mol. The molecule has 0 aromatic heterocycles. The summed E-state index contributed by atoms with van der Waals surface area (Å²) in [6, 6.07) is -0.563. The Labute approximate surface area is 70.1 Å². The third-order valence-corrected chi connectivity index (χ3v) is 2.05. The smallest absolute Gasteiger partial charge is 0.320 e. The first-order valence-electron chi connectivity index (χ1n) is 3.83. The fraction of sp³-hybridized carbons (Fsp3) is 0.714. The van der Waals surface area contributed by atoms with Crippen molar-refractivity contribution < 1.29 is 14.7 Å². The molecule has 68 valence electrons. The fourth-order valence-electron chi connectivity index (χ4n) is 1.33. The maximum Gasteiger partial charge on any atom is 0.320 e. The van der Waals surface area contributed by atoms with E-state index >= 15 is 0 Å². The van der Waals surface area contributed by atoms with E-state index in [1.807, 2.05) is 0 Å². The molecule has 0 aliphatic carbocycles. The minimum Gasteiger partial charge on any atom is -0.480 e. The summed E-state index contributed by atoms with van der Waals surface area (Å²) in [6.45, 7) is 0.455. The number of carbonyl (C=O) groups is 2. The Hall–Kier alpha value is -1.10. The number of carbonyl (C=O) groups excluding carboxylic acids is 1. The zero-order valence-corrected chi connectivity index (χ0v) is 6.83. The second-order valence-electron chi connectivity index (χ2n) is 2.85. The number of amides is 1. The molecule has 0 aromatic carbocycles. The fourth-order valence-corrected chi connectivity index (χ4v) is 1.33. The van der Waals surface area contributed by atoms with Crippen LogP contribution in [0.25, 0.3) is 0 Å². The van der Waals surface area contributed by atoms with E-state index in [1.54, 1.807) is 7.05 Å². The van der Waals surface area contributed by atoms with Crippen molar-refractivity contribution in [2.75, 3.05) is 13.6 Å². The maximum atomic E-state index is 11.0. The van der Waals surface area contributed by atoms with Gasteiger partial charge in [0.1, 0.15) is 6.04 Å². The second-order valence-corrected chi connectivity index (χ2v) is 2.85. The second kappa shape index (κ2) is 3.53. The lowest BCUT2D eigenvalue weighted by Gasteiger charge is -2.04. The van der Waals surface area contributed by atoms with Crippen molar-refractivity contribution in [1.29, 1.82) is 0 Å². The largest absolute Gasteiger partial charge is 0.480 e. The van der Waals surface area contributed by atoms with Crippen LogP contribution in [-0.2, 0) is 9.59 Å². The third-order valence-electron chi connectivity index (χ3n) is 2.05. The van der Waals surface area contributed by atoms with E-state index in [-0.39, 0.29) is 11.8 Å². The first-order chi connectivity index (χ1) is 5.65. The molecule has 1 aliphatic rings. The van der Waals surface area contributed by atoms with Crippen molar-refractivity contribution in [3.8, 4) is 0 Å². The number of rotatable bonds is 2. The van der Waals surface area contributed by atoms with Gasteiger partial charge in [-0.15, -0.1) is 0 Å². The molecule has 5 heteroatoms. The van der Waals surface area contributed by atoms with Gasteiger partial charge in [0.2, 0.25) is 5.91 Å².